The number of carboxylic acids is 1. The van der Waals surface area contributed by atoms with E-state index in [1.54, 1.807) is 0 Å². The van der Waals surface area contributed by atoms with E-state index in [-0.39, 0.29) is 34.7 Å². The van der Waals surface area contributed by atoms with E-state index in [4.69, 9.17) is 4.74 Å². The lowest BCUT2D eigenvalue weighted by atomic mass is 10.1. The number of anilines is 1. The maximum Gasteiger partial charge on any atom is 0.337 e. The largest absolute Gasteiger partial charge is 0.480 e. The summed E-state index contributed by atoms with van der Waals surface area (Å²) < 4.78 is 65.3. The van der Waals surface area contributed by atoms with Crippen molar-refractivity contribution in [3.05, 3.63) is 135 Å². The van der Waals surface area contributed by atoms with Gasteiger partial charge in [0.25, 0.3) is 21.5 Å². The number of methoxy groups -OCH3 is 1. The monoisotopic (exact) mass is 758 g/mol. The number of nitrogens with one attached hydrogen (secondary N) is 2. The van der Waals surface area contributed by atoms with Gasteiger partial charge in [0.15, 0.2) is 5.82 Å². The van der Waals surface area contributed by atoms with Crippen LogP contribution in [0.4, 0.5) is 14.5 Å². The number of rotatable bonds is 12. The molecule has 19 heteroatoms. The lowest BCUT2D eigenvalue weighted by Gasteiger charge is -2.16. The Kier molecular flexibility index (Phi) is 10.4. The summed E-state index contributed by atoms with van der Waals surface area (Å²) in [4.78, 5) is 67.1. The van der Waals surface area contributed by atoms with Crippen LogP contribution in [0.5, 0.6) is 0 Å². The minimum atomic E-state index is -4.43. The molecule has 0 radical (unpaired) electrons. The molecule has 0 saturated heterocycles. The molecule has 0 bridgehead atoms. The molecule has 1 amide bonds. The Morgan fingerprint density at radius 3 is 2.30 bits per heavy atom. The molecule has 4 aromatic heterocycles. The van der Waals surface area contributed by atoms with Crippen LogP contribution in [-0.4, -0.2) is 67.6 Å². The average molecular weight is 759 g/mol. The van der Waals surface area contributed by atoms with Crippen LogP contribution in [0.25, 0.3) is 27.8 Å². The lowest BCUT2D eigenvalue weighted by molar-refractivity contribution is -0.139. The van der Waals surface area contributed by atoms with Gasteiger partial charge >= 0.3 is 11.7 Å². The van der Waals surface area contributed by atoms with Gasteiger partial charge in [-0.3, -0.25) is 23.9 Å². The maximum absolute atomic E-state index is 15.2. The molecular formula is C35H28F2N8O8S. The summed E-state index contributed by atoms with van der Waals surface area (Å²) in [5.41, 5.74) is -1.29. The predicted molar refractivity (Wildman–Crippen MR) is 188 cm³/mol. The molecule has 1 atom stereocenters. The standard InChI is InChI=1S/C35H28F2N8O8S/c1-44-29-17-38-10-9-23(29)33(47)45(35(44)50)31-8-3-19(14-41-31)11-28(34(48)49)42-32(46)24-12-26(37)27(13-25(24)36)43-54(51,52)22-6-4-20(5-7-22)21-15-39-30(18-53-2)40-16-21/h3-10,12-17,28,43H,11,18H2,1-2H3,(H,42,46)(H,48,49)/t28-/m0/s1. The summed E-state index contributed by atoms with van der Waals surface area (Å²) in [6.45, 7) is 0.214. The first kappa shape index (κ1) is 37.0. The highest BCUT2D eigenvalue weighted by Crippen LogP contribution is 2.25. The summed E-state index contributed by atoms with van der Waals surface area (Å²) in [6, 6.07) is 8.82. The second-order valence-corrected chi connectivity index (χ2v) is 13.4. The number of halogens is 2. The van der Waals surface area contributed by atoms with E-state index in [0.717, 1.165) is 4.57 Å². The number of aromatic nitrogens is 6. The number of pyridine rings is 2. The SMILES string of the molecule is COCc1ncc(-c2ccc(S(=O)(=O)Nc3cc(F)c(C(=O)N[C@@H](Cc4ccc(-n5c(=O)c6ccncc6n(C)c5=O)nc4)C(=O)O)cc3F)cc2)cn1. The molecule has 0 aliphatic heterocycles. The van der Waals surface area contributed by atoms with E-state index < -0.39 is 62.1 Å². The zero-order chi connectivity index (χ0) is 38.7. The van der Waals surface area contributed by atoms with E-state index >= 15 is 8.78 Å². The van der Waals surface area contributed by atoms with Gasteiger partial charge in [-0.15, -0.1) is 0 Å². The van der Waals surface area contributed by atoms with Crippen molar-refractivity contribution in [2.45, 2.75) is 24.0 Å². The summed E-state index contributed by atoms with van der Waals surface area (Å²) in [5.74, 6) is -5.07. The van der Waals surface area contributed by atoms with Gasteiger partial charge in [0.1, 0.15) is 30.1 Å². The van der Waals surface area contributed by atoms with Gasteiger partial charge in [-0.2, -0.15) is 0 Å². The van der Waals surface area contributed by atoms with Crippen molar-refractivity contribution < 1.29 is 36.6 Å². The molecule has 0 unspecified atom stereocenters. The summed E-state index contributed by atoms with van der Waals surface area (Å²) >= 11 is 0. The van der Waals surface area contributed by atoms with Crippen molar-refractivity contribution >= 4 is 38.5 Å². The normalized spacial score (nSPS) is 12.0. The summed E-state index contributed by atoms with van der Waals surface area (Å²) in [6.07, 6.45) is 6.66. The minimum Gasteiger partial charge on any atom is -0.480 e. The first-order valence-corrected chi connectivity index (χ1v) is 17.2. The van der Waals surface area contributed by atoms with E-state index in [0.29, 0.717) is 34.6 Å². The molecule has 0 spiro atoms. The second kappa shape index (κ2) is 15.1. The molecule has 4 heterocycles. The van der Waals surface area contributed by atoms with Crippen LogP contribution < -0.4 is 21.3 Å². The quantitative estimate of drug-likeness (QED) is 0.164. The molecule has 54 heavy (non-hydrogen) atoms. The van der Waals surface area contributed by atoms with Crippen LogP contribution in [0.2, 0.25) is 0 Å². The smallest absolute Gasteiger partial charge is 0.337 e. The number of carbonyl (C=O) groups is 2. The number of aliphatic carboxylic acids is 1. The van der Waals surface area contributed by atoms with Crippen molar-refractivity contribution in [1.29, 1.82) is 0 Å². The topological polar surface area (TPSA) is 217 Å². The first-order chi connectivity index (χ1) is 25.8. The Hall–Kier alpha value is -6.73. The maximum atomic E-state index is 15.2. The lowest BCUT2D eigenvalue weighted by Crippen LogP contribution is -2.42. The molecule has 0 saturated carbocycles. The fourth-order valence-electron chi connectivity index (χ4n) is 5.37. The molecule has 276 valence electrons. The van der Waals surface area contributed by atoms with Gasteiger partial charge in [0.2, 0.25) is 0 Å². The Bertz CT molecular complexity index is 2640. The summed E-state index contributed by atoms with van der Waals surface area (Å²) in [7, 11) is -1.47. The molecule has 0 aliphatic carbocycles. The van der Waals surface area contributed by atoms with E-state index in [1.165, 1.54) is 92.2 Å². The number of benzene rings is 2. The fraction of sp³-hybridized carbons (Fsp3) is 0.143. The number of aryl methyl sites for hydroxylation is 1. The van der Waals surface area contributed by atoms with Crippen LogP contribution in [-0.2, 0) is 39.6 Å². The van der Waals surface area contributed by atoms with Gasteiger partial charge in [-0.1, -0.05) is 18.2 Å². The molecule has 6 rings (SSSR count). The van der Waals surface area contributed by atoms with Crippen LogP contribution in [0, 0.1) is 11.6 Å². The highest BCUT2D eigenvalue weighted by Gasteiger charge is 2.26. The van der Waals surface area contributed by atoms with Gasteiger partial charge in [0.05, 0.1) is 33.2 Å². The van der Waals surface area contributed by atoms with Crippen LogP contribution >= 0.6 is 0 Å². The van der Waals surface area contributed by atoms with E-state index in [2.05, 4.69) is 25.3 Å². The van der Waals surface area contributed by atoms with Crippen LogP contribution in [0.15, 0.2) is 100 Å². The minimum absolute atomic E-state index is 0.0522. The third kappa shape index (κ3) is 7.57. The Labute approximate surface area is 303 Å². The van der Waals surface area contributed by atoms with Crippen molar-refractivity contribution in [3.63, 3.8) is 0 Å². The van der Waals surface area contributed by atoms with Crippen LogP contribution in [0.3, 0.4) is 0 Å². The number of carbonyl (C=O) groups excluding carboxylic acids is 1. The highest BCUT2D eigenvalue weighted by molar-refractivity contribution is 7.92. The summed E-state index contributed by atoms with van der Waals surface area (Å²) in [5, 5.41) is 12.1. The van der Waals surface area contributed by atoms with Crippen molar-refractivity contribution in [2.75, 3.05) is 11.8 Å². The molecule has 0 fully saturated rings. The van der Waals surface area contributed by atoms with Gasteiger partial charge in [-0.05, 0) is 41.5 Å². The number of carboxylic acid groups (broad SMARTS) is 1. The molecule has 16 nitrogen and oxygen atoms in total. The van der Waals surface area contributed by atoms with E-state index in [9.17, 15) is 32.7 Å². The first-order valence-electron chi connectivity index (χ1n) is 15.7. The van der Waals surface area contributed by atoms with Gasteiger partial charge < -0.3 is 15.2 Å². The number of hydrogen-bond acceptors (Lipinski definition) is 11. The molecule has 2 aromatic carbocycles. The number of sulfonamides is 1. The van der Waals surface area contributed by atoms with Crippen molar-refractivity contribution in [3.8, 4) is 16.9 Å². The molecular weight excluding hydrogens is 730 g/mol. The van der Waals surface area contributed by atoms with Gasteiger partial charge in [-0.25, -0.2) is 46.3 Å². The zero-order valence-electron chi connectivity index (χ0n) is 28.2. The fourth-order valence-corrected chi connectivity index (χ4v) is 6.43. The molecule has 6 aromatic rings. The van der Waals surface area contributed by atoms with Crippen LogP contribution in [0.1, 0.15) is 21.7 Å². The third-order valence-electron chi connectivity index (χ3n) is 8.18. The van der Waals surface area contributed by atoms with E-state index in [1.807, 2.05) is 4.72 Å². The number of hydrogen-bond donors (Lipinski definition) is 3. The van der Waals surface area contributed by atoms with Crippen molar-refractivity contribution in [2.24, 2.45) is 7.05 Å². The number of nitrogens with zero attached hydrogens (tertiary/aromatic N) is 6. The average Bonchev–Trinajstić information content (AvgIpc) is 3.16. The molecule has 3 N–H and O–H groups in total. The third-order valence-corrected chi connectivity index (χ3v) is 9.56. The number of amides is 1. The number of ether oxygens (including phenoxy) is 1. The zero-order valence-corrected chi connectivity index (χ0v) is 29.0. The number of fused-ring (bicyclic) bond motifs is 1. The Morgan fingerprint density at radius 1 is 0.926 bits per heavy atom. The molecule has 0 aliphatic rings. The van der Waals surface area contributed by atoms with Crippen molar-refractivity contribution in [1.82, 2.24) is 34.4 Å². The predicted octanol–water partition coefficient (Wildman–Crippen LogP) is 2.59. The Balaban J connectivity index is 1.15. The Morgan fingerprint density at radius 2 is 1.65 bits per heavy atom. The second-order valence-electron chi connectivity index (χ2n) is 11.7. The van der Waals surface area contributed by atoms with Gasteiger partial charge in [0, 0.05) is 57.0 Å². The highest BCUT2D eigenvalue weighted by atomic mass is 32.2.